The number of carbonyl (C=O) groups is 1. The topological polar surface area (TPSA) is 82.9 Å². The van der Waals surface area contributed by atoms with Gasteiger partial charge in [0.1, 0.15) is 23.4 Å². The quantitative estimate of drug-likeness (QED) is 0.225. The van der Waals surface area contributed by atoms with Gasteiger partial charge in [0.15, 0.2) is 0 Å². The third-order valence-electron chi connectivity index (χ3n) is 6.17. The van der Waals surface area contributed by atoms with Crippen molar-refractivity contribution in [2.24, 2.45) is 0 Å². The lowest BCUT2D eigenvalue weighted by Crippen LogP contribution is -2.46. The number of carbonyl (C=O) groups excluding carboxylic acids is 1. The summed E-state index contributed by atoms with van der Waals surface area (Å²) in [6, 6.07) is 9.12. The summed E-state index contributed by atoms with van der Waals surface area (Å²) in [5.74, 6) is 6.08. The van der Waals surface area contributed by atoms with Crippen molar-refractivity contribution in [1.29, 1.82) is 0 Å². The Morgan fingerprint density at radius 3 is 2.77 bits per heavy atom. The van der Waals surface area contributed by atoms with Crippen LogP contribution in [0.25, 0.3) is 5.52 Å². The van der Waals surface area contributed by atoms with E-state index in [1.165, 1.54) is 24.7 Å². The number of hydrogen-bond acceptors (Lipinski definition) is 7. The Balaban J connectivity index is 1.59. The highest BCUT2D eigenvalue weighted by atomic mass is 32.2. The standard InChI is InChI=1S/C26H28F4N6O2S/c1-31-25(37)16-9-10-19(22(14-16)38-3)32-12-5-6-20-24(39-26(28,29)30)21-7-4-8-23(36(21)34-20)33-18-11-13-35(2)15-17(18)27/h4,7-10,14,17-18,32-33H,11-13,15H2,1-3H3,(H,31,37)/t17-,18+/m0/s1. The van der Waals surface area contributed by atoms with E-state index in [4.69, 9.17) is 4.74 Å². The number of piperidine rings is 1. The van der Waals surface area contributed by atoms with Crippen molar-refractivity contribution >= 4 is 34.7 Å². The van der Waals surface area contributed by atoms with E-state index in [2.05, 4.69) is 32.9 Å². The lowest BCUT2D eigenvalue weighted by atomic mass is 10.0. The maximum absolute atomic E-state index is 14.6. The number of halogens is 4. The molecule has 0 spiro atoms. The molecule has 3 aromatic rings. The number of nitrogens with zero attached hydrogens (tertiary/aromatic N) is 3. The predicted molar refractivity (Wildman–Crippen MR) is 143 cm³/mol. The molecule has 2 aromatic heterocycles. The molecule has 208 valence electrons. The van der Waals surface area contributed by atoms with Crippen molar-refractivity contribution < 1.29 is 27.1 Å². The number of pyridine rings is 1. The number of aromatic nitrogens is 2. The highest BCUT2D eigenvalue weighted by Gasteiger charge is 2.33. The first-order chi connectivity index (χ1) is 18.6. The van der Waals surface area contributed by atoms with Gasteiger partial charge in [-0.05, 0) is 61.5 Å². The van der Waals surface area contributed by atoms with Crippen LogP contribution in [0.2, 0.25) is 0 Å². The van der Waals surface area contributed by atoms with E-state index in [9.17, 15) is 22.4 Å². The highest BCUT2D eigenvalue weighted by Crippen LogP contribution is 2.41. The van der Waals surface area contributed by atoms with E-state index >= 15 is 0 Å². The third kappa shape index (κ3) is 6.88. The number of fused-ring (bicyclic) bond motifs is 1. The second-order valence-electron chi connectivity index (χ2n) is 8.90. The Bertz CT molecular complexity index is 1400. The molecular weight excluding hydrogens is 536 g/mol. The van der Waals surface area contributed by atoms with Gasteiger partial charge in [0.25, 0.3) is 5.91 Å². The number of alkyl halides is 4. The molecule has 1 fully saturated rings. The van der Waals surface area contributed by atoms with Crippen molar-refractivity contribution in [2.45, 2.75) is 29.0 Å². The summed E-state index contributed by atoms with van der Waals surface area (Å²) in [6.07, 6.45) is -0.586. The number of likely N-dealkylation sites (tertiary alicyclic amines) is 1. The number of amides is 1. The van der Waals surface area contributed by atoms with Crippen LogP contribution >= 0.6 is 11.8 Å². The number of ether oxygens (including phenoxy) is 1. The summed E-state index contributed by atoms with van der Waals surface area (Å²) in [5.41, 5.74) is -3.41. The lowest BCUT2D eigenvalue weighted by molar-refractivity contribution is -0.0327. The summed E-state index contributed by atoms with van der Waals surface area (Å²) < 4.78 is 61.6. The zero-order chi connectivity index (χ0) is 28.2. The lowest BCUT2D eigenvalue weighted by Gasteiger charge is -2.33. The minimum atomic E-state index is -4.56. The Morgan fingerprint density at radius 2 is 2.08 bits per heavy atom. The Morgan fingerprint density at radius 1 is 1.28 bits per heavy atom. The van der Waals surface area contributed by atoms with Crippen LogP contribution in [0.15, 0.2) is 41.3 Å². The molecule has 1 saturated heterocycles. The Labute approximate surface area is 227 Å². The number of nitrogens with one attached hydrogen (secondary N) is 3. The molecule has 3 heterocycles. The molecule has 1 aromatic carbocycles. The van der Waals surface area contributed by atoms with Crippen LogP contribution in [0.1, 0.15) is 22.5 Å². The summed E-state index contributed by atoms with van der Waals surface area (Å²) in [7, 11) is 4.82. The fourth-order valence-electron chi connectivity index (χ4n) is 4.25. The highest BCUT2D eigenvalue weighted by molar-refractivity contribution is 8.00. The number of hydrogen-bond donors (Lipinski definition) is 3. The van der Waals surface area contributed by atoms with Crippen LogP contribution in [0.3, 0.4) is 0 Å². The molecule has 0 saturated carbocycles. The molecule has 0 aliphatic carbocycles. The molecule has 2 atom stereocenters. The Hall–Kier alpha value is -3.63. The first-order valence-electron chi connectivity index (χ1n) is 12.1. The van der Waals surface area contributed by atoms with Crippen molar-refractivity contribution in [3.63, 3.8) is 0 Å². The number of methoxy groups -OCH3 is 1. The van der Waals surface area contributed by atoms with Gasteiger partial charge < -0.3 is 25.6 Å². The molecular formula is C26H28F4N6O2S. The smallest absolute Gasteiger partial charge is 0.446 e. The van der Waals surface area contributed by atoms with Crippen molar-refractivity contribution in [3.8, 4) is 17.6 Å². The second-order valence-corrected chi connectivity index (χ2v) is 9.98. The fraction of sp³-hybridized carbons (Fsp3) is 0.385. The van der Waals surface area contributed by atoms with Crippen LogP contribution in [0, 0.1) is 11.8 Å². The van der Waals surface area contributed by atoms with E-state index in [0.29, 0.717) is 35.8 Å². The molecule has 1 aliphatic rings. The van der Waals surface area contributed by atoms with Crippen LogP contribution in [0.5, 0.6) is 5.75 Å². The van der Waals surface area contributed by atoms with Gasteiger partial charge in [-0.1, -0.05) is 12.0 Å². The molecule has 8 nitrogen and oxygen atoms in total. The Kier molecular flexibility index (Phi) is 8.76. The molecule has 0 unspecified atom stereocenters. The van der Waals surface area contributed by atoms with Crippen LogP contribution < -0.4 is 20.7 Å². The molecule has 0 radical (unpaired) electrons. The third-order valence-corrected chi connectivity index (χ3v) is 7.01. The van der Waals surface area contributed by atoms with Gasteiger partial charge in [0, 0.05) is 25.7 Å². The molecule has 1 amide bonds. The van der Waals surface area contributed by atoms with Gasteiger partial charge in [0.2, 0.25) is 0 Å². The van der Waals surface area contributed by atoms with Gasteiger partial charge in [-0.2, -0.15) is 18.3 Å². The molecule has 0 bridgehead atoms. The minimum absolute atomic E-state index is 0.0459. The summed E-state index contributed by atoms with van der Waals surface area (Å²) in [6.45, 7) is 1.04. The van der Waals surface area contributed by atoms with Crippen molar-refractivity contribution in [3.05, 3.63) is 47.7 Å². The van der Waals surface area contributed by atoms with Crippen LogP contribution in [-0.4, -0.2) is 79.0 Å². The fourth-order valence-corrected chi connectivity index (χ4v) is 4.93. The van der Waals surface area contributed by atoms with Gasteiger partial charge in [0.05, 0.1) is 35.8 Å². The number of anilines is 2. The number of benzene rings is 1. The van der Waals surface area contributed by atoms with Gasteiger partial charge in [-0.15, -0.1) is 0 Å². The predicted octanol–water partition coefficient (Wildman–Crippen LogP) is 4.23. The molecule has 1 aliphatic heterocycles. The average Bonchev–Trinajstić information content (AvgIpc) is 3.24. The zero-order valence-electron chi connectivity index (χ0n) is 21.5. The first-order valence-corrected chi connectivity index (χ1v) is 12.9. The summed E-state index contributed by atoms with van der Waals surface area (Å²) in [4.78, 5) is 13.6. The first kappa shape index (κ1) is 28.4. The van der Waals surface area contributed by atoms with E-state index in [1.807, 2.05) is 11.9 Å². The van der Waals surface area contributed by atoms with Crippen LogP contribution in [0.4, 0.5) is 29.1 Å². The van der Waals surface area contributed by atoms with Crippen molar-refractivity contribution in [2.75, 3.05) is 51.5 Å². The van der Waals surface area contributed by atoms with Crippen LogP contribution in [-0.2, 0) is 0 Å². The summed E-state index contributed by atoms with van der Waals surface area (Å²) in [5, 5.41) is 13.0. The van der Waals surface area contributed by atoms with Crippen molar-refractivity contribution in [1.82, 2.24) is 19.8 Å². The maximum Gasteiger partial charge on any atom is 0.446 e. The molecule has 3 N–H and O–H groups in total. The monoisotopic (exact) mass is 564 g/mol. The maximum atomic E-state index is 14.6. The van der Waals surface area contributed by atoms with E-state index in [1.54, 1.807) is 30.3 Å². The van der Waals surface area contributed by atoms with E-state index in [-0.39, 0.29) is 46.9 Å². The molecule has 39 heavy (non-hydrogen) atoms. The largest absolute Gasteiger partial charge is 0.495 e. The SMILES string of the molecule is CNC(=O)c1ccc(NCC#Cc2nn3c(N[C@@H]4CCN(C)C[C@@H]4F)cccc3c2SC(F)(F)F)c(OC)c1. The second kappa shape index (κ2) is 12.0. The van der Waals surface area contributed by atoms with Gasteiger partial charge in [-0.3, -0.25) is 4.79 Å². The minimum Gasteiger partial charge on any atom is -0.495 e. The summed E-state index contributed by atoms with van der Waals surface area (Å²) >= 11 is -0.287. The number of thioether (sulfide) groups is 1. The molecule has 13 heteroatoms. The van der Waals surface area contributed by atoms with Gasteiger partial charge >= 0.3 is 5.51 Å². The van der Waals surface area contributed by atoms with E-state index in [0.717, 1.165) is 0 Å². The van der Waals surface area contributed by atoms with E-state index < -0.39 is 17.7 Å². The average molecular weight is 565 g/mol. The molecule has 4 rings (SSSR count). The number of rotatable bonds is 7. The van der Waals surface area contributed by atoms with Gasteiger partial charge in [-0.25, -0.2) is 8.91 Å². The normalized spacial score (nSPS) is 17.8. The zero-order valence-corrected chi connectivity index (χ0v) is 22.3.